The van der Waals surface area contributed by atoms with Gasteiger partial charge in [-0.15, -0.1) is 11.8 Å². The van der Waals surface area contributed by atoms with E-state index in [1.807, 2.05) is 53.5 Å². The molecule has 0 N–H and O–H groups in total. The summed E-state index contributed by atoms with van der Waals surface area (Å²) in [6.45, 7) is 0. The summed E-state index contributed by atoms with van der Waals surface area (Å²) in [7, 11) is 0. The number of benzene rings is 2. The minimum atomic E-state index is -0.282. The summed E-state index contributed by atoms with van der Waals surface area (Å²) in [6.07, 6.45) is 5.48. The third kappa shape index (κ3) is 3.37. The van der Waals surface area contributed by atoms with Gasteiger partial charge in [-0.05, 0) is 36.6 Å². The molecule has 0 atom stereocenters. The largest absolute Gasteiger partial charge is 0.438 e. The van der Waals surface area contributed by atoms with E-state index in [-0.39, 0.29) is 5.82 Å². The van der Waals surface area contributed by atoms with Gasteiger partial charge >= 0.3 is 0 Å². The van der Waals surface area contributed by atoms with Crippen LogP contribution in [0, 0.1) is 5.82 Å². The molecule has 0 aliphatic carbocycles. The van der Waals surface area contributed by atoms with Crippen LogP contribution in [-0.2, 0) is 5.88 Å². The molecule has 7 heteroatoms. The Morgan fingerprint density at radius 2 is 1.77 bits per heavy atom. The summed E-state index contributed by atoms with van der Waals surface area (Å²) < 4.78 is 21.3. The van der Waals surface area contributed by atoms with E-state index in [9.17, 15) is 4.39 Å². The number of aromatic nitrogens is 4. The summed E-state index contributed by atoms with van der Waals surface area (Å²) >= 11 is 1.66. The molecule has 3 aromatic heterocycles. The first kappa shape index (κ1) is 18.6. The second-order valence-electron chi connectivity index (χ2n) is 6.77. The number of furan rings is 1. The summed E-state index contributed by atoms with van der Waals surface area (Å²) in [5.74, 6) is 1.14. The molecule has 0 radical (unpaired) electrons. The van der Waals surface area contributed by atoms with E-state index in [0.29, 0.717) is 11.6 Å². The minimum Gasteiger partial charge on any atom is -0.438 e. The summed E-state index contributed by atoms with van der Waals surface area (Å²) in [5, 5.41) is 5.54. The Labute approximate surface area is 176 Å². The maximum Gasteiger partial charge on any atom is 0.230 e. The van der Waals surface area contributed by atoms with Crippen molar-refractivity contribution in [3.63, 3.8) is 0 Å². The molecule has 2 aromatic carbocycles. The zero-order valence-electron chi connectivity index (χ0n) is 16.1. The van der Waals surface area contributed by atoms with E-state index >= 15 is 0 Å². The number of rotatable bonds is 5. The van der Waals surface area contributed by atoms with Crippen LogP contribution < -0.4 is 0 Å². The van der Waals surface area contributed by atoms with Crippen LogP contribution >= 0.6 is 11.8 Å². The van der Waals surface area contributed by atoms with Crippen molar-refractivity contribution in [1.29, 1.82) is 0 Å². The number of fused-ring (bicyclic) bond motifs is 1. The van der Waals surface area contributed by atoms with Crippen molar-refractivity contribution in [2.24, 2.45) is 0 Å². The lowest BCUT2D eigenvalue weighted by atomic mass is 10.0. The minimum absolute atomic E-state index is 0.282. The second kappa shape index (κ2) is 7.76. The van der Waals surface area contributed by atoms with Crippen LogP contribution in [0.2, 0.25) is 0 Å². The summed E-state index contributed by atoms with van der Waals surface area (Å²) in [6, 6.07) is 18.2. The Morgan fingerprint density at radius 3 is 2.53 bits per heavy atom. The lowest BCUT2D eigenvalue weighted by Crippen LogP contribution is -1.94. The molecule has 0 bridgehead atoms. The standard InChI is InChI=1S/C23H17FN4OS/c1-30-14-28-12-19(21(27-28)16-7-9-17(24)10-8-16)22-18-11-20(15-5-3-2-4-6-15)29-23(18)26-13-25-22/h2-13H,14H2,1H3. The highest BCUT2D eigenvalue weighted by Gasteiger charge is 2.19. The van der Waals surface area contributed by atoms with Gasteiger partial charge in [-0.1, -0.05) is 30.3 Å². The van der Waals surface area contributed by atoms with Crippen molar-refractivity contribution in [2.75, 3.05) is 6.26 Å². The number of nitrogens with zero attached hydrogens (tertiary/aromatic N) is 4. The molecule has 5 nitrogen and oxygen atoms in total. The molecule has 0 fully saturated rings. The number of halogens is 1. The zero-order valence-corrected chi connectivity index (χ0v) is 16.9. The van der Waals surface area contributed by atoms with Gasteiger partial charge < -0.3 is 4.42 Å². The van der Waals surface area contributed by atoms with Crippen LogP contribution in [0.4, 0.5) is 4.39 Å². The zero-order chi connectivity index (χ0) is 20.5. The first-order valence-electron chi connectivity index (χ1n) is 9.35. The Bertz CT molecular complexity index is 1310. The van der Waals surface area contributed by atoms with E-state index in [2.05, 4.69) is 9.97 Å². The lowest BCUT2D eigenvalue weighted by molar-refractivity contribution is 0.617. The van der Waals surface area contributed by atoms with Crippen molar-refractivity contribution in [3.8, 4) is 33.8 Å². The molecule has 0 unspecified atom stereocenters. The van der Waals surface area contributed by atoms with Gasteiger partial charge in [-0.2, -0.15) is 5.10 Å². The number of hydrogen-bond acceptors (Lipinski definition) is 5. The normalized spacial score (nSPS) is 11.3. The SMILES string of the molecule is CSCn1cc(-c2ncnc3oc(-c4ccccc4)cc23)c(-c2ccc(F)cc2)n1. The number of hydrogen-bond donors (Lipinski definition) is 0. The Hall–Kier alpha value is -3.45. The molecule has 0 saturated heterocycles. The molecule has 30 heavy (non-hydrogen) atoms. The fraction of sp³-hybridized carbons (Fsp3) is 0.0870. The maximum atomic E-state index is 13.5. The molecular weight excluding hydrogens is 399 g/mol. The summed E-state index contributed by atoms with van der Waals surface area (Å²) in [5.41, 5.74) is 4.64. The van der Waals surface area contributed by atoms with Gasteiger partial charge in [0.05, 0.1) is 17.0 Å². The van der Waals surface area contributed by atoms with Crippen LogP contribution in [-0.4, -0.2) is 26.0 Å². The van der Waals surface area contributed by atoms with Gasteiger partial charge in [0, 0.05) is 22.9 Å². The highest BCUT2D eigenvalue weighted by Crippen LogP contribution is 2.36. The fourth-order valence-electron chi connectivity index (χ4n) is 3.43. The molecule has 0 amide bonds. The molecule has 148 valence electrons. The van der Waals surface area contributed by atoms with Crippen molar-refractivity contribution < 1.29 is 8.81 Å². The molecule has 0 aliphatic rings. The smallest absolute Gasteiger partial charge is 0.230 e. The monoisotopic (exact) mass is 416 g/mol. The Morgan fingerprint density at radius 1 is 0.967 bits per heavy atom. The van der Waals surface area contributed by atoms with Crippen LogP contribution in [0.25, 0.3) is 44.9 Å². The highest BCUT2D eigenvalue weighted by atomic mass is 32.2. The van der Waals surface area contributed by atoms with Crippen LogP contribution in [0.5, 0.6) is 0 Å². The molecule has 0 saturated carbocycles. The first-order valence-corrected chi connectivity index (χ1v) is 10.7. The Balaban J connectivity index is 1.70. The predicted octanol–water partition coefficient (Wildman–Crippen LogP) is 5.88. The first-order chi connectivity index (χ1) is 14.7. The van der Waals surface area contributed by atoms with E-state index in [4.69, 9.17) is 9.52 Å². The van der Waals surface area contributed by atoms with E-state index in [1.165, 1.54) is 18.5 Å². The number of thioether (sulfide) groups is 1. The van der Waals surface area contributed by atoms with Crippen LogP contribution in [0.3, 0.4) is 0 Å². The highest BCUT2D eigenvalue weighted by molar-refractivity contribution is 7.97. The molecule has 0 spiro atoms. The van der Waals surface area contributed by atoms with Gasteiger partial charge in [0.2, 0.25) is 5.71 Å². The molecule has 3 heterocycles. The van der Waals surface area contributed by atoms with Gasteiger partial charge in [-0.3, -0.25) is 4.68 Å². The van der Waals surface area contributed by atoms with Crippen molar-refractivity contribution in [2.45, 2.75) is 5.88 Å². The second-order valence-corrected chi connectivity index (χ2v) is 7.61. The van der Waals surface area contributed by atoms with Crippen molar-refractivity contribution in [3.05, 3.63) is 79.0 Å². The van der Waals surface area contributed by atoms with Crippen molar-refractivity contribution in [1.82, 2.24) is 19.7 Å². The van der Waals surface area contributed by atoms with Gasteiger partial charge in [0.25, 0.3) is 0 Å². The van der Waals surface area contributed by atoms with Crippen LogP contribution in [0.1, 0.15) is 0 Å². The molecule has 0 aliphatic heterocycles. The predicted molar refractivity (Wildman–Crippen MR) is 117 cm³/mol. The fourth-order valence-corrected chi connectivity index (χ4v) is 3.83. The summed E-state index contributed by atoms with van der Waals surface area (Å²) in [4.78, 5) is 8.87. The van der Waals surface area contributed by atoms with Crippen molar-refractivity contribution >= 4 is 22.9 Å². The third-order valence-corrected chi connectivity index (χ3v) is 5.31. The van der Waals surface area contributed by atoms with E-state index in [0.717, 1.165) is 39.2 Å². The molecular formula is C23H17FN4OS. The van der Waals surface area contributed by atoms with Gasteiger partial charge in [0.15, 0.2) is 0 Å². The van der Waals surface area contributed by atoms with Crippen LogP contribution in [0.15, 0.2) is 77.6 Å². The average Bonchev–Trinajstić information content (AvgIpc) is 3.39. The average molecular weight is 416 g/mol. The Kier molecular flexibility index (Phi) is 4.80. The molecule has 5 aromatic rings. The van der Waals surface area contributed by atoms with Gasteiger partial charge in [-0.25, -0.2) is 14.4 Å². The maximum absolute atomic E-state index is 13.5. The van der Waals surface area contributed by atoms with E-state index < -0.39 is 0 Å². The van der Waals surface area contributed by atoms with Gasteiger partial charge in [0.1, 0.15) is 23.6 Å². The lowest BCUT2D eigenvalue weighted by Gasteiger charge is -2.03. The quantitative estimate of drug-likeness (QED) is 0.358. The topological polar surface area (TPSA) is 56.7 Å². The third-order valence-electron chi connectivity index (χ3n) is 4.78. The van der Waals surface area contributed by atoms with E-state index in [1.54, 1.807) is 23.9 Å². The molecule has 5 rings (SSSR count).